The Hall–Kier alpha value is -2.47. The molecule has 1 atom stereocenters. The average Bonchev–Trinajstić information content (AvgIpc) is 2.97. The number of hydrogen-bond acceptors (Lipinski definition) is 4. The van der Waals surface area contributed by atoms with Crippen molar-refractivity contribution in [2.45, 2.75) is 26.4 Å². The van der Waals surface area contributed by atoms with Gasteiger partial charge in [0.2, 0.25) is 17.7 Å². The fourth-order valence-electron chi connectivity index (χ4n) is 3.01. The van der Waals surface area contributed by atoms with E-state index in [0.29, 0.717) is 13.1 Å². The van der Waals surface area contributed by atoms with Crippen molar-refractivity contribution < 1.29 is 13.9 Å². The number of hydrogen-bond donors (Lipinski definition) is 1. The van der Waals surface area contributed by atoms with E-state index in [-0.39, 0.29) is 17.9 Å². The summed E-state index contributed by atoms with van der Waals surface area (Å²) in [5.74, 6) is -0.316. The van der Waals surface area contributed by atoms with E-state index in [1.165, 1.54) is 11.6 Å². The molecule has 1 unspecified atom stereocenters. The quantitative estimate of drug-likeness (QED) is 0.848. The maximum atomic E-state index is 13.1. The van der Waals surface area contributed by atoms with Crippen LogP contribution in [0.2, 0.25) is 0 Å². The molecule has 1 N–H and O–H groups in total. The summed E-state index contributed by atoms with van der Waals surface area (Å²) >= 11 is 0. The monoisotopic (exact) mass is 343 g/mol. The summed E-state index contributed by atoms with van der Waals surface area (Å²) in [7, 11) is 0. The first kappa shape index (κ1) is 17.4. The normalized spacial score (nSPS) is 17.5. The lowest BCUT2D eigenvalue weighted by Gasteiger charge is -2.17. The number of carbonyl (C=O) groups excluding carboxylic acids is 1. The molecule has 5 nitrogen and oxygen atoms in total. The molecule has 1 saturated heterocycles. The second kappa shape index (κ2) is 7.61. The molecule has 6 heteroatoms. The third-order valence-corrected chi connectivity index (χ3v) is 4.23. The van der Waals surface area contributed by atoms with Gasteiger partial charge in [-0.05, 0) is 38.0 Å². The highest BCUT2D eigenvalue weighted by Crippen LogP contribution is 2.18. The van der Waals surface area contributed by atoms with Crippen LogP contribution in [0.15, 0.2) is 36.4 Å². The van der Waals surface area contributed by atoms with Gasteiger partial charge in [-0.2, -0.15) is 9.37 Å². The second-order valence-corrected chi connectivity index (χ2v) is 6.43. The molecular formula is C19H22FN3O2. The highest BCUT2D eigenvalue weighted by molar-refractivity contribution is 5.93. The fourth-order valence-corrected chi connectivity index (χ4v) is 3.01. The van der Waals surface area contributed by atoms with Crippen molar-refractivity contribution >= 4 is 11.6 Å². The molecule has 2 aromatic rings. The van der Waals surface area contributed by atoms with Gasteiger partial charge in [-0.3, -0.25) is 9.69 Å². The molecule has 3 rings (SSSR count). The van der Waals surface area contributed by atoms with Gasteiger partial charge in [-0.25, -0.2) is 0 Å². The zero-order valence-corrected chi connectivity index (χ0v) is 14.5. The van der Waals surface area contributed by atoms with Crippen LogP contribution in [-0.2, 0) is 4.79 Å². The number of halogens is 1. The molecule has 1 aromatic heterocycles. The van der Waals surface area contributed by atoms with E-state index < -0.39 is 5.95 Å². The molecule has 1 fully saturated rings. The zero-order chi connectivity index (χ0) is 17.8. The maximum Gasteiger partial charge on any atom is 0.238 e. The SMILES string of the molecule is Cc1ccc(NC(=O)CN2CCC(Oc3cccc(F)n3)C2)c(C)c1. The zero-order valence-electron chi connectivity index (χ0n) is 14.5. The third-order valence-electron chi connectivity index (χ3n) is 4.23. The molecule has 0 spiro atoms. The highest BCUT2D eigenvalue weighted by Gasteiger charge is 2.26. The summed E-state index contributed by atoms with van der Waals surface area (Å²) in [6.07, 6.45) is 0.706. The maximum absolute atomic E-state index is 13.1. The Morgan fingerprint density at radius 1 is 1.36 bits per heavy atom. The van der Waals surface area contributed by atoms with Gasteiger partial charge in [-0.1, -0.05) is 23.8 Å². The van der Waals surface area contributed by atoms with Crippen molar-refractivity contribution in [2.24, 2.45) is 0 Å². The van der Waals surface area contributed by atoms with Crippen molar-refractivity contribution in [3.8, 4) is 5.88 Å². The molecule has 0 saturated carbocycles. The number of nitrogens with one attached hydrogen (secondary N) is 1. The Balaban J connectivity index is 1.50. The van der Waals surface area contributed by atoms with E-state index >= 15 is 0 Å². The van der Waals surface area contributed by atoms with E-state index in [1.54, 1.807) is 12.1 Å². The summed E-state index contributed by atoms with van der Waals surface area (Å²) in [6, 6.07) is 10.4. The van der Waals surface area contributed by atoms with Crippen LogP contribution in [0.4, 0.5) is 10.1 Å². The number of carbonyl (C=O) groups is 1. The Morgan fingerprint density at radius 3 is 2.96 bits per heavy atom. The summed E-state index contributed by atoms with van der Waals surface area (Å²) in [5.41, 5.74) is 3.06. The number of pyridine rings is 1. The molecule has 2 heterocycles. The number of benzene rings is 1. The smallest absolute Gasteiger partial charge is 0.238 e. The van der Waals surface area contributed by atoms with Gasteiger partial charge in [0.05, 0.1) is 6.54 Å². The Bertz CT molecular complexity index is 766. The minimum atomic E-state index is -0.555. The van der Waals surface area contributed by atoms with Crippen molar-refractivity contribution in [3.05, 3.63) is 53.5 Å². The summed E-state index contributed by atoms with van der Waals surface area (Å²) in [4.78, 5) is 18.0. The fraction of sp³-hybridized carbons (Fsp3) is 0.368. The summed E-state index contributed by atoms with van der Waals surface area (Å²) in [6.45, 7) is 5.70. The first-order valence-corrected chi connectivity index (χ1v) is 8.38. The Kier molecular flexibility index (Phi) is 5.28. The van der Waals surface area contributed by atoms with Crippen molar-refractivity contribution in [1.29, 1.82) is 0 Å². The summed E-state index contributed by atoms with van der Waals surface area (Å²) < 4.78 is 18.8. The number of anilines is 1. The number of likely N-dealkylation sites (tertiary alicyclic amines) is 1. The molecule has 1 amide bonds. The van der Waals surface area contributed by atoms with Gasteiger partial charge in [-0.15, -0.1) is 0 Å². The number of aromatic nitrogens is 1. The number of rotatable bonds is 5. The highest BCUT2D eigenvalue weighted by atomic mass is 19.1. The van der Waals surface area contributed by atoms with Crippen molar-refractivity contribution in [2.75, 3.05) is 25.0 Å². The molecule has 1 aliphatic rings. The van der Waals surface area contributed by atoms with Gasteiger partial charge in [0.1, 0.15) is 6.10 Å². The number of amides is 1. The van der Waals surface area contributed by atoms with Crippen LogP contribution < -0.4 is 10.1 Å². The van der Waals surface area contributed by atoms with E-state index in [1.807, 2.05) is 36.9 Å². The van der Waals surface area contributed by atoms with Crippen LogP contribution in [0.25, 0.3) is 0 Å². The van der Waals surface area contributed by atoms with Gasteiger partial charge in [0.25, 0.3) is 0 Å². The first-order chi connectivity index (χ1) is 12.0. The third kappa shape index (κ3) is 4.76. The van der Waals surface area contributed by atoms with E-state index in [9.17, 15) is 9.18 Å². The predicted octanol–water partition coefficient (Wildman–Crippen LogP) is 2.93. The molecule has 0 radical (unpaired) electrons. The van der Waals surface area contributed by atoms with Gasteiger partial charge >= 0.3 is 0 Å². The molecule has 25 heavy (non-hydrogen) atoms. The standard InChI is InChI=1S/C19H22FN3O2/c1-13-6-7-16(14(2)10-13)21-18(24)12-23-9-8-15(11-23)25-19-5-3-4-17(20)22-19/h3-7,10,15H,8-9,11-12H2,1-2H3,(H,21,24). The topological polar surface area (TPSA) is 54.5 Å². The average molecular weight is 343 g/mol. The minimum absolute atomic E-state index is 0.0449. The molecule has 0 aliphatic carbocycles. The van der Waals surface area contributed by atoms with Crippen LogP contribution in [0.5, 0.6) is 5.88 Å². The van der Waals surface area contributed by atoms with E-state index in [4.69, 9.17) is 4.74 Å². The summed E-state index contributed by atoms with van der Waals surface area (Å²) in [5, 5.41) is 2.95. The Labute approximate surface area is 146 Å². The lowest BCUT2D eigenvalue weighted by atomic mass is 10.1. The molecular weight excluding hydrogens is 321 g/mol. The largest absolute Gasteiger partial charge is 0.473 e. The van der Waals surface area contributed by atoms with E-state index in [0.717, 1.165) is 24.2 Å². The second-order valence-electron chi connectivity index (χ2n) is 6.43. The first-order valence-electron chi connectivity index (χ1n) is 8.38. The lowest BCUT2D eigenvalue weighted by Crippen LogP contribution is -2.33. The molecule has 0 bridgehead atoms. The molecule has 1 aromatic carbocycles. The lowest BCUT2D eigenvalue weighted by molar-refractivity contribution is -0.117. The van der Waals surface area contributed by atoms with Crippen LogP contribution >= 0.6 is 0 Å². The molecule has 1 aliphatic heterocycles. The van der Waals surface area contributed by atoms with Gasteiger partial charge in [0.15, 0.2) is 0 Å². The van der Waals surface area contributed by atoms with E-state index in [2.05, 4.69) is 10.3 Å². The van der Waals surface area contributed by atoms with Crippen molar-refractivity contribution in [3.63, 3.8) is 0 Å². The van der Waals surface area contributed by atoms with Crippen LogP contribution in [-0.4, -0.2) is 41.5 Å². The number of ether oxygens (including phenoxy) is 1. The van der Waals surface area contributed by atoms with Crippen molar-refractivity contribution in [1.82, 2.24) is 9.88 Å². The minimum Gasteiger partial charge on any atom is -0.473 e. The molecule has 132 valence electrons. The Morgan fingerprint density at radius 2 is 2.20 bits per heavy atom. The van der Waals surface area contributed by atoms with Crippen LogP contribution in [0.1, 0.15) is 17.5 Å². The van der Waals surface area contributed by atoms with Gasteiger partial charge in [0, 0.05) is 24.8 Å². The van der Waals surface area contributed by atoms with Gasteiger partial charge < -0.3 is 10.1 Å². The van der Waals surface area contributed by atoms with Crippen LogP contribution in [0, 0.1) is 19.8 Å². The van der Waals surface area contributed by atoms with Crippen LogP contribution in [0.3, 0.4) is 0 Å². The number of nitrogens with zero attached hydrogens (tertiary/aromatic N) is 2. The number of aryl methyl sites for hydroxylation is 2. The predicted molar refractivity (Wildman–Crippen MR) is 94.2 cm³/mol.